The van der Waals surface area contributed by atoms with E-state index in [0.717, 1.165) is 30.7 Å². The molecule has 4 nitrogen and oxygen atoms in total. The molecule has 0 spiro atoms. The number of rotatable bonds is 4. The van der Waals surface area contributed by atoms with E-state index >= 15 is 0 Å². The van der Waals surface area contributed by atoms with Gasteiger partial charge in [-0.2, -0.15) is 4.98 Å². The Morgan fingerprint density at radius 1 is 1.38 bits per heavy atom. The summed E-state index contributed by atoms with van der Waals surface area (Å²) in [5.74, 6) is 1.30. The summed E-state index contributed by atoms with van der Waals surface area (Å²) in [6.45, 7) is 2.14. The summed E-state index contributed by atoms with van der Waals surface area (Å²) < 4.78 is 5.19. The molecule has 0 saturated carbocycles. The van der Waals surface area contributed by atoms with Crippen molar-refractivity contribution in [2.45, 2.75) is 26.2 Å². The van der Waals surface area contributed by atoms with Crippen molar-refractivity contribution in [3.8, 4) is 11.5 Å². The maximum absolute atomic E-state index is 5.69. The molecule has 2 N–H and O–H groups in total. The lowest BCUT2D eigenvalue weighted by molar-refractivity contribution is 0.421. The third-order valence-electron chi connectivity index (χ3n) is 2.36. The van der Waals surface area contributed by atoms with E-state index < -0.39 is 0 Å². The number of hydrogen-bond donors (Lipinski definition) is 1. The molecule has 2 rings (SSSR count). The number of hydrogen-bond acceptors (Lipinski definition) is 4. The van der Waals surface area contributed by atoms with Gasteiger partial charge in [0.2, 0.25) is 0 Å². The molecular formula is C12H15N3O. The Balaban J connectivity index is 2.18. The van der Waals surface area contributed by atoms with Crippen LogP contribution in [0.15, 0.2) is 28.8 Å². The molecule has 16 heavy (non-hydrogen) atoms. The summed E-state index contributed by atoms with van der Waals surface area (Å²) >= 11 is 0. The normalized spacial score (nSPS) is 10.6. The molecule has 2 aromatic rings. The molecule has 0 bridgehead atoms. The SMILES string of the molecule is CCCCc1noc(-c2cccc(N)c2)n1. The third-order valence-corrected chi connectivity index (χ3v) is 2.36. The Morgan fingerprint density at radius 3 is 3.00 bits per heavy atom. The minimum Gasteiger partial charge on any atom is -0.399 e. The standard InChI is InChI=1S/C12H15N3O/c1-2-3-7-11-14-12(16-15-11)9-5-4-6-10(13)8-9/h4-6,8H,2-3,7,13H2,1H3. The number of aryl methyl sites for hydroxylation is 1. The van der Waals surface area contributed by atoms with E-state index in [2.05, 4.69) is 17.1 Å². The molecule has 0 saturated heterocycles. The number of nitrogens with zero attached hydrogens (tertiary/aromatic N) is 2. The molecule has 0 atom stereocenters. The predicted molar refractivity (Wildman–Crippen MR) is 62.8 cm³/mol. The van der Waals surface area contributed by atoms with E-state index in [9.17, 15) is 0 Å². The first-order chi connectivity index (χ1) is 7.79. The number of anilines is 1. The molecule has 84 valence electrons. The molecule has 0 fully saturated rings. The van der Waals surface area contributed by atoms with Crippen molar-refractivity contribution >= 4 is 5.69 Å². The van der Waals surface area contributed by atoms with Crippen molar-refractivity contribution in [2.24, 2.45) is 0 Å². The molecule has 0 aliphatic carbocycles. The highest BCUT2D eigenvalue weighted by atomic mass is 16.5. The van der Waals surface area contributed by atoms with Gasteiger partial charge >= 0.3 is 0 Å². The maximum atomic E-state index is 5.69. The van der Waals surface area contributed by atoms with E-state index in [-0.39, 0.29) is 0 Å². The molecule has 1 aromatic heterocycles. The van der Waals surface area contributed by atoms with Crippen LogP contribution in [0.3, 0.4) is 0 Å². The van der Waals surface area contributed by atoms with Crippen LogP contribution in [0, 0.1) is 0 Å². The Bertz CT molecular complexity index is 465. The summed E-state index contributed by atoms with van der Waals surface area (Å²) in [5, 5.41) is 3.93. The number of unbranched alkanes of at least 4 members (excludes halogenated alkanes) is 1. The molecule has 0 aliphatic rings. The average molecular weight is 217 g/mol. The van der Waals surface area contributed by atoms with Crippen LogP contribution in [-0.2, 0) is 6.42 Å². The number of benzene rings is 1. The Kier molecular flexibility index (Phi) is 3.19. The Morgan fingerprint density at radius 2 is 2.25 bits per heavy atom. The lowest BCUT2D eigenvalue weighted by Gasteiger charge is -1.95. The summed E-state index contributed by atoms with van der Waals surface area (Å²) in [5.41, 5.74) is 7.26. The monoisotopic (exact) mass is 217 g/mol. The fraction of sp³-hybridized carbons (Fsp3) is 0.333. The fourth-order valence-corrected chi connectivity index (χ4v) is 1.48. The fourth-order valence-electron chi connectivity index (χ4n) is 1.48. The zero-order valence-corrected chi connectivity index (χ0v) is 9.31. The van der Waals surface area contributed by atoms with Crippen LogP contribution in [0.25, 0.3) is 11.5 Å². The van der Waals surface area contributed by atoms with Crippen molar-refractivity contribution in [2.75, 3.05) is 5.73 Å². The third kappa shape index (κ3) is 2.39. The first-order valence-corrected chi connectivity index (χ1v) is 5.48. The van der Waals surface area contributed by atoms with Gasteiger partial charge in [0.15, 0.2) is 5.82 Å². The van der Waals surface area contributed by atoms with Crippen LogP contribution in [0.1, 0.15) is 25.6 Å². The van der Waals surface area contributed by atoms with E-state index in [1.54, 1.807) is 0 Å². The molecule has 0 unspecified atom stereocenters. The van der Waals surface area contributed by atoms with Crippen molar-refractivity contribution in [3.05, 3.63) is 30.1 Å². The average Bonchev–Trinajstić information content (AvgIpc) is 2.75. The van der Waals surface area contributed by atoms with E-state index in [1.807, 2.05) is 24.3 Å². The smallest absolute Gasteiger partial charge is 0.257 e. The lowest BCUT2D eigenvalue weighted by atomic mass is 10.2. The predicted octanol–water partition coefficient (Wildman–Crippen LogP) is 2.66. The molecule has 1 heterocycles. The molecule has 4 heteroatoms. The second kappa shape index (κ2) is 4.79. The summed E-state index contributed by atoms with van der Waals surface area (Å²) in [4.78, 5) is 4.33. The zero-order chi connectivity index (χ0) is 11.4. The lowest BCUT2D eigenvalue weighted by Crippen LogP contribution is -1.88. The summed E-state index contributed by atoms with van der Waals surface area (Å²) in [7, 11) is 0. The van der Waals surface area contributed by atoms with Gasteiger partial charge in [0.05, 0.1) is 0 Å². The van der Waals surface area contributed by atoms with Gasteiger partial charge in [-0.25, -0.2) is 0 Å². The minimum absolute atomic E-state index is 0.540. The van der Waals surface area contributed by atoms with Crippen LogP contribution in [0.2, 0.25) is 0 Å². The zero-order valence-electron chi connectivity index (χ0n) is 9.31. The molecule has 0 amide bonds. The summed E-state index contributed by atoms with van der Waals surface area (Å²) in [6, 6.07) is 7.45. The van der Waals surface area contributed by atoms with Gasteiger partial charge in [0.1, 0.15) is 0 Å². The molecular weight excluding hydrogens is 202 g/mol. The highest BCUT2D eigenvalue weighted by molar-refractivity contribution is 5.59. The van der Waals surface area contributed by atoms with Crippen molar-refractivity contribution < 1.29 is 4.52 Å². The molecule has 0 radical (unpaired) electrons. The second-order valence-corrected chi connectivity index (χ2v) is 3.74. The van der Waals surface area contributed by atoms with E-state index in [1.165, 1.54) is 0 Å². The Hall–Kier alpha value is -1.84. The van der Waals surface area contributed by atoms with Crippen molar-refractivity contribution in [1.29, 1.82) is 0 Å². The highest BCUT2D eigenvalue weighted by Gasteiger charge is 2.08. The first kappa shape index (κ1) is 10.7. The van der Waals surface area contributed by atoms with Crippen LogP contribution < -0.4 is 5.73 Å². The quantitative estimate of drug-likeness (QED) is 0.799. The number of aromatic nitrogens is 2. The second-order valence-electron chi connectivity index (χ2n) is 3.74. The Labute approximate surface area is 94.5 Å². The van der Waals surface area contributed by atoms with E-state index in [0.29, 0.717) is 11.6 Å². The van der Waals surface area contributed by atoms with Gasteiger partial charge in [0, 0.05) is 17.7 Å². The van der Waals surface area contributed by atoms with Gasteiger partial charge in [0.25, 0.3) is 5.89 Å². The van der Waals surface area contributed by atoms with Crippen LogP contribution in [-0.4, -0.2) is 10.1 Å². The van der Waals surface area contributed by atoms with Crippen LogP contribution in [0.4, 0.5) is 5.69 Å². The van der Waals surface area contributed by atoms with Crippen molar-refractivity contribution in [3.63, 3.8) is 0 Å². The molecule has 0 aliphatic heterocycles. The van der Waals surface area contributed by atoms with Gasteiger partial charge in [-0.05, 0) is 24.6 Å². The topological polar surface area (TPSA) is 64.9 Å². The van der Waals surface area contributed by atoms with Gasteiger partial charge < -0.3 is 10.3 Å². The van der Waals surface area contributed by atoms with Gasteiger partial charge in [-0.15, -0.1) is 0 Å². The minimum atomic E-state index is 0.540. The first-order valence-electron chi connectivity index (χ1n) is 5.48. The van der Waals surface area contributed by atoms with E-state index in [4.69, 9.17) is 10.3 Å². The number of nitrogens with two attached hydrogens (primary N) is 1. The van der Waals surface area contributed by atoms with Crippen LogP contribution >= 0.6 is 0 Å². The van der Waals surface area contributed by atoms with Crippen molar-refractivity contribution in [1.82, 2.24) is 10.1 Å². The van der Waals surface area contributed by atoms with Crippen LogP contribution in [0.5, 0.6) is 0 Å². The number of nitrogen functional groups attached to an aromatic ring is 1. The highest BCUT2D eigenvalue weighted by Crippen LogP contribution is 2.19. The summed E-state index contributed by atoms with van der Waals surface area (Å²) in [6.07, 6.45) is 3.07. The van der Waals surface area contributed by atoms with Gasteiger partial charge in [-0.3, -0.25) is 0 Å². The molecule has 1 aromatic carbocycles. The maximum Gasteiger partial charge on any atom is 0.257 e. The van der Waals surface area contributed by atoms with Gasteiger partial charge in [-0.1, -0.05) is 24.6 Å². The largest absolute Gasteiger partial charge is 0.399 e.